The number of halogens is 2. The molecule has 0 amide bonds. The van der Waals surface area contributed by atoms with E-state index in [1.807, 2.05) is 6.92 Å². The van der Waals surface area contributed by atoms with Gasteiger partial charge in [0.05, 0.1) is 12.5 Å². The van der Waals surface area contributed by atoms with Gasteiger partial charge in [-0.3, -0.25) is 9.59 Å². The number of likely N-dealkylation sites (N-methyl/N-ethyl adjacent to an activating group) is 1. The first-order valence-electron chi connectivity index (χ1n) is 13.4. The number of benzene rings is 2. The fourth-order valence-electron chi connectivity index (χ4n) is 5.95. The van der Waals surface area contributed by atoms with E-state index in [4.69, 9.17) is 32.0 Å². The molecule has 2 N–H and O–H groups in total. The van der Waals surface area contributed by atoms with E-state index in [9.17, 15) is 19.8 Å². The van der Waals surface area contributed by atoms with Crippen molar-refractivity contribution in [1.29, 1.82) is 0 Å². The summed E-state index contributed by atoms with van der Waals surface area (Å²) in [5.41, 5.74) is -0.0454. The van der Waals surface area contributed by atoms with Gasteiger partial charge in [0.15, 0.2) is 0 Å². The molecule has 0 bridgehead atoms. The van der Waals surface area contributed by atoms with Crippen LogP contribution in [0.1, 0.15) is 28.2 Å². The highest BCUT2D eigenvalue weighted by Crippen LogP contribution is 2.50. The number of aliphatic carboxylic acids is 2. The third-order valence-corrected chi connectivity index (χ3v) is 8.58. The number of carboxylic acid groups (broad SMARTS) is 2. The van der Waals surface area contributed by atoms with E-state index in [1.54, 1.807) is 90.8 Å². The second-order valence-corrected chi connectivity index (χ2v) is 11.4. The first-order chi connectivity index (χ1) is 20.5. The molecule has 43 heavy (non-hydrogen) atoms. The molecule has 2 atom stereocenters. The Morgan fingerprint density at radius 2 is 1.65 bits per heavy atom. The molecule has 2 unspecified atom stereocenters. The van der Waals surface area contributed by atoms with Gasteiger partial charge in [-0.1, -0.05) is 48.0 Å². The van der Waals surface area contributed by atoms with Crippen LogP contribution in [0.3, 0.4) is 0 Å². The van der Waals surface area contributed by atoms with Gasteiger partial charge < -0.3 is 23.9 Å². The lowest BCUT2D eigenvalue weighted by Gasteiger charge is -2.32. The first kappa shape index (κ1) is 30.0. The summed E-state index contributed by atoms with van der Waals surface area (Å²) >= 11 is 12.7. The van der Waals surface area contributed by atoms with E-state index in [2.05, 4.69) is 6.58 Å². The lowest BCUT2D eigenvalue weighted by Crippen LogP contribution is -2.40. The maximum atomic E-state index is 13.2. The van der Waals surface area contributed by atoms with E-state index in [1.165, 1.54) is 12.5 Å². The number of nitrogens with zero attached hydrogens (tertiary/aromatic N) is 1. The second-order valence-electron chi connectivity index (χ2n) is 10.5. The highest BCUT2D eigenvalue weighted by atomic mass is 35.5. The topological polar surface area (TPSA) is 104 Å². The molecule has 4 aromatic rings. The molecule has 2 aromatic heterocycles. The third kappa shape index (κ3) is 5.19. The summed E-state index contributed by atoms with van der Waals surface area (Å²) in [6.07, 6.45) is 7.89. The number of carboxylic acids is 2. The normalized spacial score (nSPS) is 18.6. The van der Waals surface area contributed by atoms with Crippen molar-refractivity contribution in [3.8, 4) is 0 Å². The zero-order valence-electron chi connectivity index (χ0n) is 23.5. The second kappa shape index (κ2) is 11.7. The summed E-state index contributed by atoms with van der Waals surface area (Å²) in [6.45, 7) is 6.01. The highest BCUT2D eigenvalue weighted by molar-refractivity contribution is 6.31. The summed E-state index contributed by atoms with van der Waals surface area (Å²) in [4.78, 5) is 28.1. The number of fused-ring (bicyclic) bond motifs is 1. The number of allylic oxidation sites excluding steroid dienone is 3. The Bertz CT molecular complexity index is 1760. The van der Waals surface area contributed by atoms with Gasteiger partial charge in [0, 0.05) is 46.9 Å². The average Bonchev–Trinajstić information content (AvgIpc) is 3.71. The average molecular weight is 619 g/mol. The molecule has 0 aliphatic carbocycles. The van der Waals surface area contributed by atoms with Gasteiger partial charge >= 0.3 is 11.9 Å². The van der Waals surface area contributed by atoms with Crippen LogP contribution in [-0.4, -0.2) is 29.2 Å². The van der Waals surface area contributed by atoms with E-state index >= 15 is 0 Å². The molecule has 0 fully saturated rings. The quantitative estimate of drug-likeness (QED) is 0.175. The Morgan fingerprint density at radius 1 is 1.00 bits per heavy atom. The van der Waals surface area contributed by atoms with Gasteiger partial charge in [-0.2, -0.15) is 0 Å². The maximum absolute atomic E-state index is 13.2. The number of anilines is 1. The van der Waals surface area contributed by atoms with E-state index in [0.29, 0.717) is 44.1 Å². The van der Waals surface area contributed by atoms with E-state index < -0.39 is 22.8 Å². The van der Waals surface area contributed by atoms with Crippen LogP contribution in [0.25, 0.3) is 0 Å². The highest BCUT2D eigenvalue weighted by Gasteiger charge is 2.53. The number of hydrogen-bond acceptors (Lipinski definition) is 5. The zero-order chi connectivity index (χ0) is 30.9. The molecule has 2 aromatic carbocycles. The standard InChI is InChI=1S/C34H29Cl2NO6/c1-21-11-12-23(35)17-27(21)33(31(38)39,19-25-8-5-15-42-25)22(2)7-4-10-30-34(32(40)41,20-26-9-6-16-43-26)28-18-24(36)13-14-29(28)37(30)3/h4-18H,2,19-20H2,1,3H3,(H,38,39)(H,40,41)/b7-4+,30-10+. The number of hydrogen-bond donors (Lipinski definition) is 2. The summed E-state index contributed by atoms with van der Waals surface area (Å²) in [7, 11) is 1.78. The van der Waals surface area contributed by atoms with Gasteiger partial charge in [0.2, 0.25) is 0 Å². The van der Waals surface area contributed by atoms with Gasteiger partial charge in [0.1, 0.15) is 22.4 Å². The molecule has 0 radical (unpaired) electrons. The van der Waals surface area contributed by atoms with E-state index in [0.717, 1.165) is 5.56 Å². The van der Waals surface area contributed by atoms with Crippen molar-refractivity contribution in [2.75, 3.05) is 11.9 Å². The molecule has 0 spiro atoms. The predicted octanol–water partition coefficient (Wildman–Crippen LogP) is 7.76. The Kier molecular flexibility index (Phi) is 8.14. The van der Waals surface area contributed by atoms with E-state index in [-0.39, 0.29) is 18.4 Å². The molecule has 1 aliphatic heterocycles. The predicted molar refractivity (Wildman–Crippen MR) is 166 cm³/mol. The van der Waals surface area contributed by atoms with Crippen LogP contribution in [0.2, 0.25) is 10.0 Å². The van der Waals surface area contributed by atoms with Crippen LogP contribution in [0.4, 0.5) is 5.69 Å². The molecule has 220 valence electrons. The van der Waals surface area contributed by atoms with Crippen molar-refractivity contribution in [2.24, 2.45) is 0 Å². The van der Waals surface area contributed by atoms with Crippen LogP contribution >= 0.6 is 23.2 Å². The summed E-state index contributed by atoms with van der Waals surface area (Å²) in [5, 5.41) is 22.3. The maximum Gasteiger partial charge on any atom is 0.320 e. The monoisotopic (exact) mass is 617 g/mol. The molecular weight excluding hydrogens is 589 g/mol. The Labute approximate surface area is 259 Å². The first-order valence-corrected chi connectivity index (χ1v) is 14.2. The minimum absolute atomic E-state index is 0.0162. The molecule has 7 nitrogen and oxygen atoms in total. The Hall–Kier alpha value is -4.46. The van der Waals surface area contributed by atoms with Crippen LogP contribution in [-0.2, 0) is 33.3 Å². The van der Waals surface area contributed by atoms with Crippen LogP contribution in [0.5, 0.6) is 0 Å². The van der Waals surface area contributed by atoms with Gasteiger partial charge in [0.25, 0.3) is 0 Å². The van der Waals surface area contributed by atoms with Crippen LogP contribution in [0.15, 0.2) is 118 Å². The minimum Gasteiger partial charge on any atom is -0.480 e. The van der Waals surface area contributed by atoms with Crippen LogP contribution in [0, 0.1) is 6.92 Å². The molecular formula is C34H29Cl2NO6. The minimum atomic E-state index is -1.63. The number of carbonyl (C=O) groups is 2. The number of rotatable bonds is 10. The molecule has 1 aliphatic rings. The lowest BCUT2D eigenvalue weighted by molar-refractivity contribution is -0.143. The van der Waals surface area contributed by atoms with Crippen LogP contribution < -0.4 is 4.90 Å². The summed E-state index contributed by atoms with van der Waals surface area (Å²) in [6, 6.07) is 17.1. The molecule has 3 heterocycles. The van der Waals surface area contributed by atoms with Crippen molar-refractivity contribution in [1.82, 2.24) is 0 Å². The fraction of sp³-hybridized carbons (Fsp3) is 0.176. The fourth-order valence-corrected chi connectivity index (χ4v) is 6.29. The number of aryl methyl sites for hydroxylation is 1. The van der Waals surface area contributed by atoms with Crippen molar-refractivity contribution in [2.45, 2.75) is 30.6 Å². The Morgan fingerprint density at radius 3 is 2.28 bits per heavy atom. The van der Waals surface area contributed by atoms with Gasteiger partial charge in [-0.15, -0.1) is 0 Å². The summed E-state index contributed by atoms with van der Waals surface area (Å²) < 4.78 is 11.1. The zero-order valence-corrected chi connectivity index (χ0v) is 25.0. The lowest BCUT2D eigenvalue weighted by atomic mass is 9.70. The molecule has 9 heteroatoms. The largest absolute Gasteiger partial charge is 0.480 e. The van der Waals surface area contributed by atoms with Gasteiger partial charge in [-0.05, 0) is 84.3 Å². The molecule has 0 saturated carbocycles. The SMILES string of the molecule is C=C(/C=C/C=C1/N(C)c2ccc(Cl)cc2C1(Cc1ccco1)C(=O)O)C(Cc1ccco1)(C(=O)O)c1cc(Cl)ccc1C. The summed E-state index contributed by atoms with van der Waals surface area (Å²) in [5.74, 6) is -1.26. The molecule has 0 saturated heterocycles. The van der Waals surface area contributed by atoms with Crippen molar-refractivity contribution in [3.05, 3.63) is 148 Å². The van der Waals surface area contributed by atoms with Crippen molar-refractivity contribution in [3.63, 3.8) is 0 Å². The molecule has 5 rings (SSSR count). The smallest absolute Gasteiger partial charge is 0.320 e. The number of furan rings is 2. The van der Waals surface area contributed by atoms with Crippen molar-refractivity contribution < 1.29 is 28.6 Å². The third-order valence-electron chi connectivity index (χ3n) is 8.11. The van der Waals surface area contributed by atoms with Gasteiger partial charge in [-0.25, -0.2) is 0 Å². The Balaban J connectivity index is 1.64. The van der Waals surface area contributed by atoms with Crippen molar-refractivity contribution >= 4 is 40.8 Å².